The molecule has 14 heavy (non-hydrogen) atoms. The third-order valence-electron chi connectivity index (χ3n) is 2.14. The molecule has 0 saturated heterocycles. The molecule has 0 spiro atoms. The zero-order valence-electron chi connectivity index (χ0n) is 7.50. The molecule has 1 radical (unpaired) electrons. The second kappa shape index (κ2) is 3.74. The standard InChI is InChI=1S/C12H9F2/c13-11-7-3-1-5-9(11)10-6-2-4-8-12(10)14/h1,3-8H,2H2. The quantitative estimate of drug-likeness (QED) is 0.635. The van der Waals surface area contributed by atoms with Gasteiger partial charge in [0.2, 0.25) is 0 Å². The molecule has 1 aliphatic rings. The Morgan fingerprint density at radius 2 is 1.86 bits per heavy atom. The first-order valence-electron chi connectivity index (χ1n) is 4.43. The summed E-state index contributed by atoms with van der Waals surface area (Å²) < 4.78 is 26.6. The van der Waals surface area contributed by atoms with E-state index >= 15 is 0 Å². The summed E-state index contributed by atoms with van der Waals surface area (Å²) in [4.78, 5) is 0. The summed E-state index contributed by atoms with van der Waals surface area (Å²) >= 11 is 0. The van der Waals surface area contributed by atoms with Crippen LogP contribution in [0, 0.1) is 12.2 Å². The van der Waals surface area contributed by atoms with Crippen LogP contribution in [0.15, 0.2) is 42.2 Å². The summed E-state index contributed by atoms with van der Waals surface area (Å²) in [5.41, 5.74) is 0.681. The summed E-state index contributed by atoms with van der Waals surface area (Å²) in [5.74, 6) is -0.759. The monoisotopic (exact) mass is 191 g/mol. The Labute approximate surface area is 81.6 Å². The van der Waals surface area contributed by atoms with E-state index in [0.29, 0.717) is 17.6 Å². The first kappa shape index (κ1) is 9.13. The van der Waals surface area contributed by atoms with Gasteiger partial charge in [-0.1, -0.05) is 24.3 Å². The number of halogens is 2. The van der Waals surface area contributed by atoms with E-state index in [1.54, 1.807) is 30.7 Å². The molecule has 0 fully saturated rings. The van der Waals surface area contributed by atoms with Crippen LogP contribution in [0.25, 0.3) is 5.57 Å². The van der Waals surface area contributed by atoms with E-state index in [1.165, 1.54) is 12.1 Å². The maximum Gasteiger partial charge on any atom is 0.130 e. The van der Waals surface area contributed by atoms with E-state index in [2.05, 4.69) is 0 Å². The van der Waals surface area contributed by atoms with E-state index in [1.807, 2.05) is 0 Å². The van der Waals surface area contributed by atoms with Gasteiger partial charge in [0.1, 0.15) is 11.6 Å². The first-order valence-corrected chi connectivity index (χ1v) is 4.43. The van der Waals surface area contributed by atoms with Crippen molar-refractivity contribution in [2.45, 2.75) is 6.42 Å². The van der Waals surface area contributed by atoms with Gasteiger partial charge >= 0.3 is 0 Å². The minimum atomic E-state index is -0.385. The molecule has 0 amide bonds. The van der Waals surface area contributed by atoms with Gasteiger partial charge in [0.15, 0.2) is 0 Å². The fraction of sp³-hybridized carbons (Fsp3) is 0.0833. The van der Waals surface area contributed by atoms with Crippen molar-refractivity contribution in [2.24, 2.45) is 0 Å². The third kappa shape index (κ3) is 1.60. The lowest BCUT2D eigenvalue weighted by atomic mass is 9.96. The molecule has 0 heterocycles. The van der Waals surface area contributed by atoms with E-state index in [9.17, 15) is 8.78 Å². The fourth-order valence-corrected chi connectivity index (χ4v) is 1.46. The summed E-state index contributed by atoms with van der Waals surface area (Å²) in [5, 5.41) is 0. The zero-order valence-corrected chi connectivity index (χ0v) is 7.50. The van der Waals surface area contributed by atoms with Crippen LogP contribution in [-0.4, -0.2) is 0 Å². The minimum absolute atomic E-state index is 0.328. The van der Waals surface area contributed by atoms with Gasteiger partial charge in [-0.05, 0) is 25.0 Å². The third-order valence-corrected chi connectivity index (χ3v) is 2.14. The molecule has 0 aromatic heterocycles. The molecule has 71 valence electrons. The Bertz CT molecular complexity index is 403. The molecule has 1 aromatic rings. The minimum Gasteiger partial charge on any atom is -0.207 e. The number of hydrogen-bond acceptors (Lipinski definition) is 0. The van der Waals surface area contributed by atoms with E-state index in [0.717, 1.165) is 0 Å². The van der Waals surface area contributed by atoms with Gasteiger partial charge in [-0.3, -0.25) is 0 Å². The predicted molar refractivity (Wildman–Crippen MR) is 52.5 cm³/mol. The van der Waals surface area contributed by atoms with Crippen LogP contribution >= 0.6 is 0 Å². The smallest absolute Gasteiger partial charge is 0.130 e. The Balaban J connectivity index is 2.49. The molecule has 1 aliphatic carbocycles. The van der Waals surface area contributed by atoms with Gasteiger partial charge in [-0.15, -0.1) is 0 Å². The molecule has 0 bridgehead atoms. The van der Waals surface area contributed by atoms with E-state index in [4.69, 9.17) is 0 Å². The van der Waals surface area contributed by atoms with Crippen molar-refractivity contribution in [3.8, 4) is 0 Å². The van der Waals surface area contributed by atoms with Crippen LogP contribution in [-0.2, 0) is 0 Å². The Morgan fingerprint density at radius 1 is 1.07 bits per heavy atom. The zero-order chi connectivity index (χ0) is 9.97. The SMILES string of the molecule is FC1=C(c2ccccc2F)[CH]CC=C1. The highest BCUT2D eigenvalue weighted by Gasteiger charge is 2.13. The number of hydrogen-bond donors (Lipinski definition) is 0. The van der Waals surface area contributed by atoms with Gasteiger partial charge in [0.25, 0.3) is 0 Å². The van der Waals surface area contributed by atoms with Crippen molar-refractivity contribution >= 4 is 5.57 Å². The van der Waals surface area contributed by atoms with Crippen LogP contribution in [0.1, 0.15) is 12.0 Å². The van der Waals surface area contributed by atoms with Crippen LogP contribution in [0.2, 0.25) is 0 Å². The Morgan fingerprint density at radius 3 is 2.57 bits per heavy atom. The van der Waals surface area contributed by atoms with Gasteiger partial charge < -0.3 is 0 Å². The number of allylic oxidation sites excluding steroid dienone is 4. The lowest BCUT2D eigenvalue weighted by molar-refractivity contribution is 0.620. The van der Waals surface area contributed by atoms with Crippen LogP contribution < -0.4 is 0 Å². The first-order chi connectivity index (χ1) is 6.79. The van der Waals surface area contributed by atoms with Crippen LogP contribution in [0.5, 0.6) is 0 Å². The fourth-order valence-electron chi connectivity index (χ4n) is 1.46. The van der Waals surface area contributed by atoms with Crippen molar-refractivity contribution in [3.05, 3.63) is 60.0 Å². The van der Waals surface area contributed by atoms with Gasteiger partial charge in [-0.25, -0.2) is 8.78 Å². The van der Waals surface area contributed by atoms with Gasteiger partial charge in [-0.2, -0.15) is 0 Å². The van der Waals surface area contributed by atoms with E-state index < -0.39 is 0 Å². The topological polar surface area (TPSA) is 0 Å². The van der Waals surface area contributed by atoms with E-state index in [-0.39, 0.29) is 11.6 Å². The average molecular weight is 191 g/mol. The predicted octanol–water partition coefficient (Wildman–Crippen LogP) is 3.67. The van der Waals surface area contributed by atoms with Crippen molar-refractivity contribution in [1.82, 2.24) is 0 Å². The van der Waals surface area contributed by atoms with Crippen LogP contribution in [0.4, 0.5) is 8.78 Å². The molecule has 1 aromatic carbocycles. The molecule has 2 heteroatoms. The summed E-state index contributed by atoms with van der Waals surface area (Å²) in [6.07, 6.45) is 5.42. The highest BCUT2D eigenvalue weighted by molar-refractivity contribution is 5.76. The Hall–Kier alpha value is -1.44. The average Bonchev–Trinajstić information content (AvgIpc) is 2.20. The molecule has 0 saturated carbocycles. The summed E-state index contributed by atoms with van der Waals surface area (Å²) in [6.45, 7) is 0. The number of benzene rings is 1. The number of rotatable bonds is 1. The second-order valence-corrected chi connectivity index (χ2v) is 3.08. The van der Waals surface area contributed by atoms with Crippen molar-refractivity contribution in [2.75, 3.05) is 0 Å². The molecular weight excluding hydrogens is 182 g/mol. The maximum atomic E-state index is 13.3. The molecule has 0 atom stereocenters. The largest absolute Gasteiger partial charge is 0.207 e. The highest BCUT2D eigenvalue weighted by Crippen LogP contribution is 2.29. The maximum absolute atomic E-state index is 13.3. The van der Waals surface area contributed by atoms with Gasteiger partial charge in [0.05, 0.1) is 0 Å². The molecule has 0 N–H and O–H groups in total. The normalized spacial score (nSPS) is 16.1. The van der Waals surface area contributed by atoms with Crippen molar-refractivity contribution in [1.29, 1.82) is 0 Å². The lowest BCUT2D eigenvalue weighted by Gasteiger charge is -2.11. The Kier molecular flexibility index (Phi) is 2.44. The molecule has 0 aliphatic heterocycles. The molecule has 2 rings (SSSR count). The molecule has 0 nitrogen and oxygen atoms in total. The van der Waals surface area contributed by atoms with Gasteiger partial charge in [0, 0.05) is 11.1 Å². The lowest BCUT2D eigenvalue weighted by Crippen LogP contribution is -1.95. The molecular formula is C12H9F2. The summed E-state index contributed by atoms with van der Waals surface area (Å²) in [7, 11) is 0. The summed E-state index contributed by atoms with van der Waals surface area (Å²) in [6, 6.07) is 6.21. The van der Waals surface area contributed by atoms with Crippen molar-refractivity contribution < 1.29 is 8.78 Å². The van der Waals surface area contributed by atoms with Crippen LogP contribution in [0.3, 0.4) is 0 Å². The molecule has 0 unspecified atom stereocenters. The highest BCUT2D eigenvalue weighted by atomic mass is 19.1. The van der Waals surface area contributed by atoms with Crippen molar-refractivity contribution in [3.63, 3.8) is 0 Å². The second-order valence-electron chi connectivity index (χ2n) is 3.08.